The lowest BCUT2D eigenvalue weighted by Gasteiger charge is -2.15. The Balaban J connectivity index is 3.02. The molecule has 0 aliphatic carbocycles. The van der Waals surface area contributed by atoms with Gasteiger partial charge in [-0.05, 0) is 37.1 Å². The number of hydrogen-bond donors (Lipinski definition) is 2. The van der Waals surface area contributed by atoms with Crippen molar-refractivity contribution >= 4 is 10.0 Å². The van der Waals surface area contributed by atoms with Crippen molar-refractivity contribution in [1.29, 1.82) is 0 Å². The van der Waals surface area contributed by atoms with Crippen molar-refractivity contribution in [3.05, 3.63) is 23.8 Å². The van der Waals surface area contributed by atoms with Gasteiger partial charge in [0.25, 0.3) is 0 Å². The van der Waals surface area contributed by atoms with E-state index in [2.05, 4.69) is 4.72 Å². The summed E-state index contributed by atoms with van der Waals surface area (Å²) in [5.74, 6) is 0.642. The van der Waals surface area contributed by atoms with Gasteiger partial charge >= 0.3 is 0 Å². The highest BCUT2D eigenvalue weighted by atomic mass is 32.2. The van der Waals surface area contributed by atoms with Crippen LogP contribution in [0.1, 0.15) is 18.9 Å². The number of aliphatic hydroxyl groups is 1. The number of nitrogens with one attached hydrogen (secondary N) is 1. The molecule has 0 aliphatic rings. The van der Waals surface area contributed by atoms with Crippen molar-refractivity contribution in [1.82, 2.24) is 4.72 Å². The number of methoxy groups -OCH3 is 1. The van der Waals surface area contributed by atoms with Gasteiger partial charge in [-0.2, -0.15) is 0 Å². The van der Waals surface area contributed by atoms with E-state index < -0.39 is 16.1 Å². The molecule has 0 saturated heterocycles. The maximum absolute atomic E-state index is 12.0. The molecule has 1 rings (SSSR count). The SMILES string of the molecule is CC[C@@H](CO)NS(=O)(=O)c1ccc(OC)c(C)c1. The molecule has 6 heteroatoms. The van der Waals surface area contributed by atoms with Crippen molar-refractivity contribution < 1.29 is 18.3 Å². The predicted octanol–water partition coefficient (Wildman–Crippen LogP) is 1.05. The monoisotopic (exact) mass is 273 g/mol. The summed E-state index contributed by atoms with van der Waals surface area (Å²) in [6.45, 7) is 3.37. The molecule has 0 spiro atoms. The molecular formula is C12H19NO4S. The molecule has 102 valence electrons. The van der Waals surface area contributed by atoms with E-state index in [0.717, 1.165) is 5.56 Å². The summed E-state index contributed by atoms with van der Waals surface area (Å²) in [5, 5.41) is 9.03. The minimum Gasteiger partial charge on any atom is -0.496 e. The van der Waals surface area contributed by atoms with Gasteiger partial charge in [-0.25, -0.2) is 13.1 Å². The fraction of sp³-hybridized carbons (Fsp3) is 0.500. The van der Waals surface area contributed by atoms with Crippen LogP contribution in [0.2, 0.25) is 0 Å². The van der Waals surface area contributed by atoms with Gasteiger partial charge in [0.1, 0.15) is 5.75 Å². The second kappa shape index (κ2) is 6.17. The summed E-state index contributed by atoms with van der Waals surface area (Å²) in [6, 6.07) is 4.19. The highest BCUT2D eigenvalue weighted by Crippen LogP contribution is 2.21. The van der Waals surface area contributed by atoms with Gasteiger partial charge in [0.2, 0.25) is 10.0 Å². The van der Waals surface area contributed by atoms with E-state index in [9.17, 15) is 8.42 Å². The van der Waals surface area contributed by atoms with Crippen LogP contribution < -0.4 is 9.46 Å². The normalized spacial score (nSPS) is 13.3. The quantitative estimate of drug-likeness (QED) is 0.812. The van der Waals surface area contributed by atoms with Gasteiger partial charge in [0, 0.05) is 6.04 Å². The second-order valence-electron chi connectivity index (χ2n) is 4.04. The first kappa shape index (κ1) is 14.9. The number of ether oxygens (including phenoxy) is 1. The summed E-state index contributed by atoms with van der Waals surface area (Å²) in [5.41, 5.74) is 0.748. The van der Waals surface area contributed by atoms with E-state index in [1.54, 1.807) is 19.1 Å². The van der Waals surface area contributed by atoms with Gasteiger partial charge < -0.3 is 9.84 Å². The highest BCUT2D eigenvalue weighted by Gasteiger charge is 2.19. The summed E-state index contributed by atoms with van der Waals surface area (Å²) >= 11 is 0. The van der Waals surface area contributed by atoms with Crippen LogP contribution in [0.25, 0.3) is 0 Å². The lowest BCUT2D eigenvalue weighted by molar-refractivity contribution is 0.254. The van der Waals surface area contributed by atoms with Gasteiger partial charge in [-0.15, -0.1) is 0 Å². The van der Waals surface area contributed by atoms with E-state index in [4.69, 9.17) is 9.84 Å². The van der Waals surface area contributed by atoms with Crippen LogP contribution in [-0.4, -0.2) is 33.3 Å². The van der Waals surface area contributed by atoms with Gasteiger partial charge in [-0.1, -0.05) is 6.92 Å². The van der Waals surface area contributed by atoms with Crippen molar-refractivity contribution in [2.75, 3.05) is 13.7 Å². The van der Waals surface area contributed by atoms with Crippen molar-refractivity contribution in [2.24, 2.45) is 0 Å². The summed E-state index contributed by atoms with van der Waals surface area (Å²) in [7, 11) is -2.06. The van der Waals surface area contributed by atoms with Crippen LogP contribution in [0.4, 0.5) is 0 Å². The van der Waals surface area contributed by atoms with E-state index in [1.165, 1.54) is 13.2 Å². The standard InChI is InChI=1S/C12H19NO4S/c1-4-10(8-14)13-18(15,16)11-5-6-12(17-3)9(2)7-11/h5-7,10,13-14H,4,8H2,1-3H3/t10-/m0/s1. The third-order valence-corrected chi connectivity index (χ3v) is 4.23. The van der Waals surface area contributed by atoms with Crippen molar-refractivity contribution in [3.63, 3.8) is 0 Å². The molecule has 0 heterocycles. The van der Waals surface area contributed by atoms with Crippen LogP contribution in [0.15, 0.2) is 23.1 Å². The molecule has 2 N–H and O–H groups in total. The first-order chi connectivity index (χ1) is 8.44. The zero-order valence-corrected chi connectivity index (χ0v) is 11.6. The molecule has 5 nitrogen and oxygen atoms in total. The maximum Gasteiger partial charge on any atom is 0.240 e. The number of aryl methyl sites for hydroxylation is 1. The van der Waals surface area contributed by atoms with Crippen LogP contribution in [0.3, 0.4) is 0 Å². The van der Waals surface area contributed by atoms with E-state index >= 15 is 0 Å². The molecule has 0 unspecified atom stereocenters. The molecule has 0 aliphatic heterocycles. The van der Waals surface area contributed by atoms with E-state index in [1.807, 2.05) is 6.92 Å². The third kappa shape index (κ3) is 3.44. The van der Waals surface area contributed by atoms with E-state index in [-0.39, 0.29) is 11.5 Å². The molecule has 0 aromatic heterocycles. The number of rotatable bonds is 6. The lowest BCUT2D eigenvalue weighted by atomic mass is 10.2. The predicted molar refractivity (Wildman–Crippen MR) is 69.2 cm³/mol. The highest BCUT2D eigenvalue weighted by molar-refractivity contribution is 7.89. The summed E-state index contributed by atoms with van der Waals surface area (Å²) < 4.78 is 31.6. The van der Waals surface area contributed by atoms with Gasteiger partial charge in [0.05, 0.1) is 18.6 Å². The van der Waals surface area contributed by atoms with Crippen LogP contribution in [0, 0.1) is 6.92 Å². The Hall–Kier alpha value is -1.11. The minimum absolute atomic E-state index is 0.174. The first-order valence-corrected chi connectivity index (χ1v) is 7.20. The molecule has 18 heavy (non-hydrogen) atoms. The molecule has 0 saturated carbocycles. The Morgan fingerprint density at radius 1 is 1.44 bits per heavy atom. The number of sulfonamides is 1. The Labute approximate surface area is 108 Å². The molecule has 0 radical (unpaired) electrons. The van der Waals surface area contributed by atoms with E-state index in [0.29, 0.717) is 12.2 Å². The maximum atomic E-state index is 12.0. The van der Waals surface area contributed by atoms with Crippen LogP contribution in [-0.2, 0) is 10.0 Å². The molecular weight excluding hydrogens is 254 g/mol. The Morgan fingerprint density at radius 2 is 2.11 bits per heavy atom. The van der Waals surface area contributed by atoms with Crippen molar-refractivity contribution in [3.8, 4) is 5.75 Å². The first-order valence-electron chi connectivity index (χ1n) is 5.72. The Bertz CT molecular complexity index is 495. The fourth-order valence-corrected chi connectivity index (χ4v) is 2.95. The minimum atomic E-state index is -3.60. The zero-order chi connectivity index (χ0) is 13.8. The number of hydrogen-bond acceptors (Lipinski definition) is 4. The molecule has 1 atom stereocenters. The molecule has 1 aromatic rings. The average Bonchev–Trinajstić information content (AvgIpc) is 2.35. The van der Waals surface area contributed by atoms with Crippen molar-refractivity contribution in [2.45, 2.75) is 31.2 Å². The molecule has 0 fully saturated rings. The second-order valence-corrected chi connectivity index (χ2v) is 5.75. The lowest BCUT2D eigenvalue weighted by Crippen LogP contribution is -2.36. The van der Waals surface area contributed by atoms with Crippen LogP contribution in [0.5, 0.6) is 5.75 Å². The topological polar surface area (TPSA) is 75.6 Å². The van der Waals surface area contributed by atoms with Crippen LogP contribution >= 0.6 is 0 Å². The van der Waals surface area contributed by atoms with Gasteiger partial charge in [-0.3, -0.25) is 0 Å². The number of aliphatic hydroxyl groups excluding tert-OH is 1. The molecule has 0 amide bonds. The molecule has 0 bridgehead atoms. The summed E-state index contributed by atoms with van der Waals surface area (Å²) in [4.78, 5) is 0.174. The largest absolute Gasteiger partial charge is 0.496 e. The summed E-state index contributed by atoms with van der Waals surface area (Å²) in [6.07, 6.45) is 0.533. The average molecular weight is 273 g/mol. The zero-order valence-electron chi connectivity index (χ0n) is 10.8. The number of benzene rings is 1. The Morgan fingerprint density at radius 3 is 2.56 bits per heavy atom. The third-order valence-electron chi connectivity index (χ3n) is 2.71. The Kier molecular flexibility index (Phi) is 5.13. The van der Waals surface area contributed by atoms with Gasteiger partial charge in [0.15, 0.2) is 0 Å². The smallest absolute Gasteiger partial charge is 0.240 e. The molecule has 1 aromatic carbocycles. The fourth-order valence-electron chi connectivity index (χ4n) is 1.56.